The van der Waals surface area contributed by atoms with Crippen molar-refractivity contribution < 1.29 is 0 Å². The molecule has 0 unspecified atom stereocenters. The monoisotopic (exact) mass is 304 g/mol. The second kappa shape index (κ2) is 4.54. The molecule has 3 rings (SSSR count). The van der Waals surface area contributed by atoms with Gasteiger partial charge in [0.15, 0.2) is 0 Å². The molecule has 94 valence electrons. The Morgan fingerprint density at radius 3 is 2.56 bits per heavy atom. The van der Waals surface area contributed by atoms with Gasteiger partial charge in [-0.15, -0.1) is 0 Å². The number of fused-ring (bicyclic) bond motifs is 1. The first-order valence-electron chi connectivity index (χ1n) is 6.48. The number of halogens is 1. The van der Waals surface area contributed by atoms with E-state index < -0.39 is 0 Å². The van der Waals surface area contributed by atoms with E-state index in [0.717, 1.165) is 10.4 Å². The van der Waals surface area contributed by atoms with Crippen LogP contribution in [0.25, 0.3) is 11.3 Å². The lowest BCUT2D eigenvalue weighted by Gasteiger charge is -2.17. The van der Waals surface area contributed by atoms with Crippen LogP contribution in [0.1, 0.15) is 29.8 Å². The molecule has 1 heterocycles. The highest BCUT2D eigenvalue weighted by Gasteiger charge is 2.15. The van der Waals surface area contributed by atoms with Gasteiger partial charge in [-0.1, -0.05) is 12.1 Å². The summed E-state index contributed by atoms with van der Waals surface area (Å²) < 4.78 is 3.09. The first-order valence-corrected chi connectivity index (χ1v) is 7.27. The number of imidazole rings is 1. The van der Waals surface area contributed by atoms with Gasteiger partial charge in [-0.2, -0.15) is 0 Å². The highest BCUT2D eigenvalue weighted by Crippen LogP contribution is 2.31. The van der Waals surface area contributed by atoms with Crippen molar-refractivity contribution in [2.75, 3.05) is 0 Å². The van der Waals surface area contributed by atoms with E-state index in [2.05, 4.69) is 50.7 Å². The number of hydrogen-bond donors (Lipinski definition) is 0. The van der Waals surface area contributed by atoms with E-state index in [9.17, 15) is 0 Å². The van der Waals surface area contributed by atoms with Gasteiger partial charge in [-0.3, -0.25) is 0 Å². The summed E-state index contributed by atoms with van der Waals surface area (Å²) in [5.41, 5.74) is 5.50. The third kappa shape index (κ3) is 1.91. The highest BCUT2D eigenvalue weighted by molar-refractivity contribution is 9.10. The van der Waals surface area contributed by atoms with Crippen molar-refractivity contribution in [3.63, 3.8) is 0 Å². The smallest absolute Gasteiger partial charge is 0.132 e. The van der Waals surface area contributed by atoms with Crippen LogP contribution in [-0.2, 0) is 19.9 Å². The predicted molar refractivity (Wildman–Crippen MR) is 77.7 cm³/mol. The SMILES string of the molecule is Cc1nc(Br)c(-c2ccc3c(c2)CCCC3)n1C. The van der Waals surface area contributed by atoms with Crippen LogP contribution in [-0.4, -0.2) is 9.55 Å². The van der Waals surface area contributed by atoms with E-state index >= 15 is 0 Å². The van der Waals surface area contributed by atoms with Gasteiger partial charge in [0.2, 0.25) is 0 Å². The van der Waals surface area contributed by atoms with Gasteiger partial charge in [0.25, 0.3) is 0 Å². The van der Waals surface area contributed by atoms with Gasteiger partial charge in [-0.25, -0.2) is 4.98 Å². The first kappa shape index (κ1) is 12.0. The Balaban J connectivity index is 2.12. The highest BCUT2D eigenvalue weighted by atomic mass is 79.9. The van der Waals surface area contributed by atoms with Crippen molar-refractivity contribution in [3.05, 3.63) is 39.8 Å². The van der Waals surface area contributed by atoms with Crippen LogP contribution in [0.4, 0.5) is 0 Å². The number of aromatic nitrogens is 2. The Hall–Kier alpha value is -1.09. The summed E-state index contributed by atoms with van der Waals surface area (Å²) in [5, 5.41) is 0. The summed E-state index contributed by atoms with van der Waals surface area (Å²) in [7, 11) is 2.07. The maximum absolute atomic E-state index is 4.48. The summed E-state index contributed by atoms with van der Waals surface area (Å²) >= 11 is 3.57. The molecule has 0 amide bonds. The largest absolute Gasteiger partial charge is 0.330 e. The zero-order chi connectivity index (χ0) is 12.7. The van der Waals surface area contributed by atoms with Gasteiger partial charge < -0.3 is 4.57 Å². The van der Waals surface area contributed by atoms with Gasteiger partial charge in [0.1, 0.15) is 10.4 Å². The van der Waals surface area contributed by atoms with Crippen LogP contribution < -0.4 is 0 Å². The fourth-order valence-electron chi connectivity index (χ4n) is 2.76. The normalized spacial score (nSPS) is 14.6. The molecule has 0 saturated heterocycles. The molecule has 0 spiro atoms. The predicted octanol–water partition coefficient (Wildman–Crippen LogP) is 4.04. The molecule has 1 aromatic carbocycles. The summed E-state index contributed by atoms with van der Waals surface area (Å²) in [5.74, 6) is 1.04. The zero-order valence-electron chi connectivity index (χ0n) is 10.8. The minimum Gasteiger partial charge on any atom is -0.330 e. The maximum Gasteiger partial charge on any atom is 0.132 e. The molecule has 18 heavy (non-hydrogen) atoms. The lowest BCUT2D eigenvalue weighted by atomic mass is 9.90. The summed E-state index contributed by atoms with van der Waals surface area (Å²) in [6, 6.07) is 6.86. The van der Waals surface area contributed by atoms with Gasteiger partial charge in [0, 0.05) is 12.6 Å². The minimum absolute atomic E-state index is 0.943. The van der Waals surface area contributed by atoms with E-state index in [1.807, 2.05) is 6.92 Å². The lowest BCUT2D eigenvalue weighted by molar-refractivity contribution is 0.686. The summed E-state index contributed by atoms with van der Waals surface area (Å²) in [4.78, 5) is 4.48. The molecule has 0 radical (unpaired) electrons. The minimum atomic E-state index is 0.943. The molecule has 1 aromatic heterocycles. The molecule has 1 aliphatic carbocycles. The molecule has 0 fully saturated rings. The Morgan fingerprint density at radius 1 is 1.17 bits per heavy atom. The van der Waals surface area contributed by atoms with Crippen LogP contribution in [0.5, 0.6) is 0 Å². The van der Waals surface area contributed by atoms with E-state index in [1.165, 1.54) is 48.1 Å². The molecule has 0 saturated carbocycles. The van der Waals surface area contributed by atoms with Crippen LogP contribution in [0, 0.1) is 6.92 Å². The molecule has 3 heteroatoms. The van der Waals surface area contributed by atoms with Crippen molar-refractivity contribution in [1.29, 1.82) is 0 Å². The third-order valence-electron chi connectivity index (χ3n) is 3.90. The number of rotatable bonds is 1. The quantitative estimate of drug-likeness (QED) is 0.777. The molecule has 0 atom stereocenters. The Bertz CT molecular complexity index is 599. The van der Waals surface area contributed by atoms with Crippen molar-refractivity contribution >= 4 is 15.9 Å². The van der Waals surface area contributed by atoms with Crippen molar-refractivity contribution in [3.8, 4) is 11.3 Å². The lowest BCUT2D eigenvalue weighted by Crippen LogP contribution is -2.03. The first-order chi connectivity index (χ1) is 8.66. The Kier molecular flexibility index (Phi) is 3.02. The van der Waals surface area contributed by atoms with Crippen molar-refractivity contribution in [1.82, 2.24) is 9.55 Å². The van der Waals surface area contributed by atoms with E-state index in [4.69, 9.17) is 0 Å². The summed E-state index contributed by atoms with van der Waals surface area (Å²) in [6.45, 7) is 2.03. The standard InChI is InChI=1S/C15H17BrN2/c1-10-17-15(16)14(18(10)2)13-8-7-11-5-3-4-6-12(11)9-13/h7-9H,3-6H2,1-2H3. The second-order valence-electron chi connectivity index (χ2n) is 5.05. The average molecular weight is 305 g/mol. The van der Waals surface area contributed by atoms with Crippen LogP contribution >= 0.6 is 15.9 Å². The van der Waals surface area contributed by atoms with Crippen LogP contribution in [0.15, 0.2) is 22.8 Å². The Labute approximate surface area is 116 Å². The molecule has 1 aliphatic rings. The fourth-order valence-corrected chi connectivity index (χ4v) is 3.52. The number of nitrogens with zero attached hydrogens (tertiary/aromatic N) is 2. The van der Waals surface area contributed by atoms with Gasteiger partial charge >= 0.3 is 0 Å². The fraction of sp³-hybridized carbons (Fsp3) is 0.400. The number of benzene rings is 1. The molecule has 0 bridgehead atoms. The number of hydrogen-bond acceptors (Lipinski definition) is 1. The van der Waals surface area contributed by atoms with Crippen LogP contribution in [0.2, 0.25) is 0 Å². The molecular weight excluding hydrogens is 288 g/mol. The number of aryl methyl sites for hydroxylation is 3. The Morgan fingerprint density at radius 2 is 1.89 bits per heavy atom. The summed E-state index contributed by atoms with van der Waals surface area (Å²) in [6.07, 6.45) is 5.11. The maximum atomic E-state index is 4.48. The van der Waals surface area contributed by atoms with Crippen molar-refractivity contribution in [2.24, 2.45) is 7.05 Å². The molecular formula is C15H17BrN2. The molecule has 2 nitrogen and oxygen atoms in total. The molecule has 0 aliphatic heterocycles. The zero-order valence-corrected chi connectivity index (χ0v) is 12.4. The van der Waals surface area contributed by atoms with Crippen LogP contribution in [0.3, 0.4) is 0 Å². The second-order valence-corrected chi connectivity index (χ2v) is 5.80. The van der Waals surface area contributed by atoms with Gasteiger partial charge in [-0.05, 0) is 65.7 Å². The third-order valence-corrected chi connectivity index (χ3v) is 4.45. The van der Waals surface area contributed by atoms with E-state index in [0.29, 0.717) is 0 Å². The van der Waals surface area contributed by atoms with Gasteiger partial charge in [0.05, 0.1) is 5.69 Å². The molecule has 0 N–H and O–H groups in total. The van der Waals surface area contributed by atoms with E-state index in [-0.39, 0.29) is 0 Å². The van der Waals surface area contributed by atoms with Crippen molar-refractivity contribution in [2.45, 2.75) is 32.6 Å². The topological polar surface area (TPSA) is 17.8 Å². The molecule has 2 aromatic rings. The van der Waals surface area contributed by atoms with E-state index in [1.54, 1.807) is 0 Å². The average Bonchev–Trinajstić information content (AvgIpc) is 2.63.